The molecule has 0 bridgehead atoms. The maximum atomic E-state index is 2.17. The predicted molar refractivity (Wildman–Crippen MR) is 57.9 cm³/mol. The van der Waals surface area contributed by atoms with E-state index in [4.69, 9.17) is 0 Å². The first-order valence-electron chi connectivity index (χ1n) is 4.23. The standard InChI is InChI=1S/C11H11NS/c1-2-4-11(5-3-1)10-12-6-8-13-9-7-12/h1-9H,10H2. The van der Waals surface area contributed by atoms with E-state index in [1.54, 1.807) is 11.8 Å². The topological polar surface area (TPSA) is 3.24 Å². The second-order valence-electron chi connectivity index (χ2n) is 2.86. The zero-order chi connectivity index (χ0) is 8.93. The molecule has 0 fully saturated rings. The molecule has 0 atom stereocenters. The normalized spacial score (nSPS) is 14.9. The van der Waals surface area contributed by atoms with Gasteiger partial charge in [-0.15, -0.1) is 11.8 Å². The lowest BCUT2D eigenvalue weighted by Gasteiger charge is -2.17. The first kappa shape index (κ1) is 8.45. The Hall–Kier alpha value is -1.15. The zero-order valence-corrected chi connectivity index (χ0v) is 8.08. The van der Waals surface area contributed by atoms with Gasteiger partial charge in [0, 0.05) is 18.9 Å². The molecule has 1 nitrogen and oxygen atoms in total. The molecule has 1 heterocycles. The Morgan fingerprint density at radius 3 is 2.38 bits per heavy atom. The SMILES string of the molecule is C1=CN(Cc2ccccc2)C=CS1. The Balaban J connectivity index is 2.02. The number of rotatable bonds is 2. The fourth-order valence-corrected chi connectivity index (χ4v) is 1.77. The smallest absolute Gasteiger partial charge is 0.0470 e. The summed E-state index contributed by atoms with van der Waals surface area (Å²) in [5, 5.41) is 4.17. The maximum Gasteiger partial charge on any atom is 0.0470 e. The molecule has 0 saturated carbocycles. The predicted octanol–water partition coefficient (Wildman–Crippen LogP) is 3.18. The summed E-state index contributed by atoms with van der Waals surface area (Å²) in [6, 6.07) is 10.5. The summed E-state index contributed by atoms with van der Waals surface area (Å²) < 4.78 is 0. The van der Waals surface area contributed by atoms with Crippen LogP contribution in [0.1, 0.15) is 5.56 Å². The Labute approximate surface area is 82.8 Å². The highest BCUT2D eigenvalue weighted by molar-refractivity contribution is 8.04. The molecule has 1 aromatic carbocycles. The van der Waals surface area contributed by atoms with E-state index in [2.05, 4.69) is 52.4 Å². The third-order valence-corrected chi connectivity index (χ3v) is 2.43. The Morgan fingerprint density at radius 2 is 1.69 bits per heavy atom. The van der Waals surface area contributed by atoms with Gasteiger partial charge in [-0.1, -0.05) is 30.3 Å². The van der Waals surface area contributed by atoms with E-state index in [1.165, 1.54) is 5.56 Å². The van der Waals surface area contributed by atoms with Crippen molar-refractivity contribution in [2.75, 3.05) is 0 Å². The Kier molecular flexibility index (Phi) is 2.72. The lowest BCUT2D eigenvalue weighted by molar-refractivity contribution is 0.502. The first-order chi connectivity index (χ1) is 6.45. The molecule has 0 spiro atoms. The van der Waals surface area contributed by atoms with Gasteiger partial charge in [-0.25, -0.2) is 0 Å². The van der Waals surface area contributed by atoms with Crippen molar-refractivity contribution in [2.24, 2.45) is 0 Å². The molecule has 0 unspecified atom stereocenters. The molecule has 13 heavy (non-hydrogen) atoms. The molecular weight excluding hydrogens is 178 g/mol. The van der Waals surface area contributed by atoms with Gasteiger partial charge in [-0.3, -0.25) is 0 Å². The zero-order valence-electron chi connectivity index (χ0n) is 7.26. The van der Waals surface area contributed by atoms with E-state index in [9.17, 15) is 0 Å². The average molecular weight is 189 g/mol. The number of thioether (sulfide) groups is 1. The average Bonchev–Trinajstić information content (AvgIpc) is 2.21. The fourth-order valence-electron chi connectivity index (χ4n) is 1.22. The van der Waals surface area contributed by atoms with Crippen LogP contribution in [0.3, 0.4) is 0 Å². The van der Waals surface area contributed by atoms with Gasteiger partial charge in [0.25, 0.3) is 0 Å². The Morgan fingerprint density at radius 1 is 1.00 bits per heavy atom. The van der Waals surface area contributed by atoms with E-state index in [0.717, 1.165) is 6.54 Å². The highest BCUT2D eigenvalue weighted by atomic mass is 32.2. The van der Waals surface area contributed by atoms with E-state index in [0.29, 0.717) is 0 Å². The minimum Gasteiger partial charge on any atom is -0.349 e. The van der Waals surface area contributed by atoms with Crippen molar-refractivity contribution in [3.63, 3.8) is 0 Å². The van der Waals surface area contributed by atoms with Gasteiger partial charge in [0.15, 0.2) is 0 Å². The van der Waals surface area contributed by atoms with E-state index < -0.39 is 0 Å². The monoisotopic (exact) mass is 189 g/mol. The second kappa shape index (κ2) is 4.19. The van der Waals surface area contributed by atoms with Gasteiger partial charge in [0.1, 0.15) is 0 Å². The molecule has 0 aromatic heterocycles. The van der Waals surface area contributed by atoms with Crippen molar-refractivity contribution < 1.29 is 0 Å². The van der Waals surface area contributed by atoms with Crippen molar-refractivity contribution in [2.45, 2.75) is 6.54 Å². The summed E-state index contributed by atoms with van der Waals surface area (Å²) in [6.45, 7) is 0.953. The highest BCUT2D eigenvalue weighted by Gasteiger charge is 1.98. The van der Waals surface area contributed by atoms with Crippen molar-refractivity contribution >= 4 is 11.8 Å². The molecule has 0 amide bonds. The molecule has 0 radical (unpaired) electrons. The van der Waals surface area contributed by atoms with Crippen molar-refractivity contribution in [3.8, 4) is 0 Å². The fraction of sp³-hybridized carbons (Fsp3) is 0.0909. The summed E-state index contributed by atoms with van der Waals surface area (Å²) in [6.07, 6.45) is 4.19. The molecule has 0 saturated heterocycles. The molecule has 2 rings (SSSR count). The summed E-state index contributed by atoms with van der Waals surface area (Å²) in [5.41, 5.74) is 1.34. The van der Waals surface area contributed by atoms with E-state index in [-0.39, 0.29) is 0 Å². The van der Waals surface area contributed by atoms with Crippen LogP contribution in [-0.2, 0) is 6.54 Å². The number of nitrogens with zero attached hydrogens (tertiary/aromatic N) is 1. The molecule has 1 aliphatic heterocycles. The van der Waals surface area contributed by atoms with Crippen LogP contribution in [0, 0.1) is 0 Å². The van der Waals surface area contributed by atoms with Crippen molar-refractivity contribution in [3.05, 3.63) is 59.1 Å². The van der Waals surface area contributed by atoms with Crippen LogP contribution >= 0.6 is 11.8 Å². The van der Waals surface area contributed by atoms with Crippen molar-refractivity contribution in [1.29, 1.82) is 0 Å². The third kappa shape index (κ3) is 2.39. The van der Waals surface area contributed by atoms with Gasteiger partial charge in [-0.2, -0.15) is 0 Å². The molecule has 1 aromatic rings. The van der Waals surface area contributed by atoms with Crippen molar-refractivity contribution in [1.82, 2.24) is 4.90 Å². The number of hydrogen-bond acceptors (Lipinski definition) is 2. The van der Waals surface area contributed by atoms with Crippen LogP contribution < -0.4 is 0 Å². The van der Waals surface area contributed by atoms with Crippen LogP contribution in [0.4, 0.5) is 0 Å². The summed E-state index contributed by atoms with van der Waals surface area (Å²) >= 11 is 1.71. The van der Waals surface area contributed by atoms with E-state index >= 15 is 0 Å². The second-order valence-corrected chi connectivity index (χ2v) is 3.68. The van der Waals surface area contributed by atoms with E-state index in [1.807, 2.05) is 6.07 Å². The highest BCUT2D eigenvalue weighted by Crippen LogP contribution is 2.14. The van der Waals surface area contributed by atoms with Crippen LogP contribution in [-0.4, -0.2) is 4.90 Å². The molecule has 0 aliphatic carbocycles. The summed E-state index contributed by atoms with van der Waals surface area (Å²) in [4.78, 5) is 2.17. The van der Waals surface area contributed by atoms with Crippen LogP contribution in [0.2, 0.25) is 0 Å². The van der Waals surface area contributed by atoms with Crippen LogP contribution in [0.5, 0.6) is 0 Å². The number of hydrogen-bond donors (Lipinski definition) is 0. The minimum absolute atomic E-state index is 0.953. The molecule has 2 heteroatoms. The van der Waals surface area contributed by atoms with Crippen LogP contribution in [0.15, 0.2) is 53.5 Å². The van der Waals surface area contributed by atoms with Gasteiger partial charge >= 0.3 is 0 Å². The van der Waals surface area contributed by atoms with Crippen LogP contribution in [0.25, 0.3) is 0 Å². The molecule has 66 valence electrons. The lowest BCUT2D eigenvalue weighted by Crippen LogP contribution is -2.09. The third-order valence-electron chi connectivity index (χ3n) is 1.87. The quantitative estimate of drug-likeness (QED) is 0.703. The summed E-state index contributed by atoms with van der Waals surface area (Å²) in [7, 11) is 0. The van der Waals surface area contributed by atoms with Gasteiger partial charge in [0.2, 0.25) is 0 Å². The molecule has 1 aliphatic rings. The largest absolute Gasteiger partial charge is 0.349 e. The summed E-state index contributed by atoms with van der Waals surface area (Å²) in [5.74, 6) is 0. The maximum absolute atomic E-state index is 2.17. The number of benzene rings is 1. The van der Waals surface area contributed by atoms with Gasteiger partial charge in [-0.05, 0) is 16.4 Å². The van der Waals surface area contributed by atoms with Gasteiger partial charge in [0.05, 0.1) is 0 Å². The lowest BCUT2D eigenvalue weighted by atomic mass is 10.2. The minimum atomic E-state index is 0.953. The molecular formula is C11H11NS. The first-order valence-corrected chi connectivity index (χ1v) is 5.18. The Bertz CT molecular complexity index is 304. The van der Waals surface area contributed by atoms with Gasteiger partial charge < -0.3 is 4.90 Å². The molecule has 0 N–H and O–H groups in total.